The number of carbonyl (C=O) groups excluding carboxylic acids is 1. The number of hydrogen-bond acceptors (Lipinski definition) is 3. The number of piperidine rings is 1. The predicted molar refractivity (Wildman–Crippen MR) is 68.9 cm³/mol. The predicted octanol–water partition coefficient (Wildman–Crippen LogP) is 0.727. The molecule has 2 aliphatic rings. The van der Waals surface area contributed by atoms with Crippen molar-refractivity contribution in [3.05, 3.63) is 0 Å². The molecule has 0 aromatic carbocycles. The van der Waals surface area contributed by atoms with E-state index in [-0.39, 0.29) is 17.5 Å². The molecule has 1 unspecified atom stereocenters. The Morgan fingerprint density at radius 1 is 1.41 bits per heavy atom. The van der Waals surface area contributed by atoms with E-state index in [1.807, 2.05) is 0 Å². The maximum Gasteiger partial charge on any atom is 0.237 e. The van der Waals surface area contributed by atoms with Gasteiger partial charge < -0.3 is 15.5 Å². The van der Waals surface area contributed by atoms with Crippen LogP contribution in [0.5, 0.6) is 0 Å². The van der Waals surface area contributed by atoms with Gasteiger partial charge in [0.25, 0.3) is 0 Å². The summed E-state index contributed by atoms with van der Waals surface area (Å²) in [4.78, 5) is 14.4. The lowest BCUT2D eigenvalue weighted by molar-refractivity contribution is -0.127. The zero-order valence-electron chi connectivity index (χ0n) is 11.3. The van der Waals surface area contributed by atoms with Crippen molar-refractivity contribution in [3.63, 3.8) is 0 Å². The van der Waals surface area contributed by atoms with Crippen molar-refractivity contribution in [2.24, 2.45) is 0 Å². The summed E-state index contributed by atoms with van der Waals surface area (Å²) in [6.07, 6.45) is 3.10. The number of rotatable bonds is 3. The fraction of sp³-hybridized carbons (Fsp3) is 0.923. The smallest absolute Gasteiger partial charge is 0.237 e. The highest BCUT2D eigenvalue weighted by Crippen LogP contribution is 2.23. The highest BCUT2D eigenvalue weighted by molar-refractivity contribution is 5.83. The zero-order chi connectivity index (χ0) is 12.5. The van der Waals surface area contributed by atoms with Gasteiger partial charge in [-0.2, -0.15) is 0 Å². The summed E-state index contributed by atoms with van der Waals surface area (Å²) in [7, 11) is 0. The first-order valence-electron chi connectivity index (χ1n) is 6.80. The minimum absolute atomic E-state index is 0.000255. The first-order valence-corrected chi connectivity index (χ1v) is 6.80. The van der Waals surface area contributed by atoms with Crippen LogP contribution in [0.25, 0.3) is 0 Å². The molecule has 2 saturated heterocycles. The number of nitrogens with one attached hydrogen (secondary N) is 2. The third-order valence-electron chi connectivity index (χ3n) is 4.20. The average molecular weight is 239 g/mol. The van der Waals surface area contributed by atoms with Crippen LogP contribution in [0.1, 0.15) is 40.0 Å². The molecule has 2 rings (SSSR count). The first kappa shape index (κ1) is 12.8. The summed E-state index contributed by atoms with van der Waals surface area (Å²) in [6, 6.07) is 0.679. The van der Waals surface area contributed by atoms with Crippen molar-refractivity contribution in [2.45, 2.75) is 57.7 Å². The van der Waals surface area contributed by atoms with Crippen LogP contribution in [0.3, 0.4) is 0 Å². The summed E-state index contributed by atoms with van der Waals surface area (Å²) < 4.78 is 0. The Morgan fingerprint density at radius 2 is 2.00 bits per heavy atom. The van der Waals surface area contributed by atoms with Gasteiger partial charge in [0.1, 0.15) is 0 Å². The highest BCUT2D eigenvalue weighted by atomic mass is 16.2. The standard InChI is InChI=1S/C13H25N3O/c1-10(2)16-8-5-13(3,6-9-16)15-12(17)11-4-7-14-11/h10-11,14H,4-9H2,1-3H3,(H,15,17). The lowest BCUT2D eigenvalue weighted by atomic mass is 9.88. The Balaban J connectivity index is 1.82. The van der Waals surface area contributed by atoms with Crippen LogP contribution in [0.2, 0.25) is 0 Å². The van der Waals surface area contributed by atoms with E-state index in [4.69, 9.17) is 0 Å². The normalized spacial score (nSPS) is 28.8. The van der Waals surface area contributed by atoms with Crippen molar-refractivity contribution >= 4 is 5.91 Å². The number of hydrogen-bond donors (Lipinski definition) is 2. The van der Waals surface area contributed by atoms with Gasteiger partial charge >= 0.3 is 0 Å². The fourth-order valence-corrected chi connectivity index (χ4v) is 2.56. The largest absolute Gasteiger partial charge is 0.349 e. The van der Waals surface area contributed by atoms with E-state index < -0.39 is 0 Å². The van der Waals surface area contributed by atoms with Gasteiger partial charge in [0, 0.05) is 24.7 Å². The van der Waals surface area contributed by atoms with Crippen LogP contribution >= 0.6 is 0 Å². The fourth-order valence-electron chi connectivity index (χ4n) is 2.56. The van der Waals surface area contributed by atoms with E-state index in [1.54, 1.807) is 0 Å². The van der Waals surface area contributed by atoms with Crippen molar-refractivity contribution in [1.29, 1.82) is 0 Å². The minimum Gasteiger partial charge on any atom is -0.349 e. The summed E-state index contributed by atoms with van der Waals surface area (Å²) in [5, 5.41) is 6.39. The van der Waals surface area contributed by atoms with Gasteiger partial charge in [-0.1, -0.05) is 0 Å². The van der Waals surface area contributed by atoms with Crippen molar-refractivity contribution in [3.8, 4) is 0 Å². The summed E-state index contributed by atoms with van der Waals surface area (Å²) in [6.45, 7) is 9.81. The molecule has 0 spiro atoms. The molecule has 2 N–H and O–H groups in total. The van der Waals surface area contributed by atoms with E-state index >= 15 is 0 Å². The maximum absolute atomic E-state index is 11.9. The van der Waals surface area contributed by atoms with Crippen LogP contribution in [-0.4, -0.2) is 48.1 Å². The van der Waals surface area contributed by atoms with Crippen molar-refractivity contribution in [1.82, 2.24) is 15.5 Å². The second-order valence-corrected chi connectivity index (χ2v) is 5.98. The molecule has 0 radical (unpaired) electrons. The molecule has 4 heteroatoms. The average Bonchev–Trinajstić information content (AvgIpc) is 2.14. The monoisotopic (exact) mass is 239 g/mol. The Kier molecular flexibility index (Phi) is 3.73. The zero-order valence-corrected chi connectivity index (χ0v) is 11.3. The van der Waals surface area contributed by atoms with Gasteiger partial charge in [-0.15, -0.1) is 0 Å². The van der Waals surface area contributed by atoms with Gasteiger partial charge in [-0.3, -0.25) is 4.79 Å². The topological polar surface area (TPSA) is 44.4 Å². The molecule has 0 aromatic heterocycles. The molecule has 0 aliphatic carbocycles. The molecule has 17 heavy (non-hydrogen) atoms. The van der Waals surface area contributed by atoms with Gasteiger partial charge in [-0.25, -0.2) is 0 Å². The maximum atomic E-state index is 11.9. The third-order valence-corrected chi connectivity index (χ3v) is 4.20. The van der Waals surface area contributed by atoms with Crippen molar-refractivity contribution in [2.75, 3.05) is 19.6 Å². The highest BCUT2D eigenvalue weighted by Gasteiger charge is 2.35. The molecule has 2 fully saturated rings. The molecule has 98 valence electrons. The number of carbonyl (C=O) groups is 1. The second-order valence-electron chi connectivity index (χ2n) is 5.98. The van der Waals surface area contributed by atoms with Crippen molar-refractivity contribution < 1.29 is 4.79 Å². The third kappa shape index (κ3) is 2.99. The molecule has 1 atom stereocenters. The lowest BCUT2D eigenvalue weighted by Crippen LogP contribution is -2.61. The Bertz CT molecular complexity index is 278. The first-order chi connectivity index (χ1) is 8.00. The second kappa shape index (κ2) is 4.94. The molecular weight excluding hydrogens is 214 g/mol. The van der Waals surface area contributed by atoms with E-state index in [0.717, 1.165) is 38.9 Å². The number of amides is 1. The molecule has 0 saturated carbocycles. The molecular formula is C13H25N3O. The molecule has 2 aliphatic heterocycles. The lowest BCUT2D eigenvalue weighted by Gasteiger charge is -2.42. The molecule has 2 heterocycles. The van der Waals surface area contributed by atoms with E-state index in [0.29, 0.717) is 6.04 Å². The summed E-state index contributed by atoms with van der Waals surface area (Å²) in [5.41, 5.74) is -0.000255. The van der Waals surface area contributed by atoms with Crippen LogP contribution in [0, 0.1) is 0 Å². The van der Waals surface area contributed by atoms with E-state index in [2.05, 4.69) is 36.3 Å². The Hall–Kier alpha value is -0.610. The van der Waals surface area contributed by atoms with Crippen LogP contribution < -0.4 is 10.6 Å². The SMILES string of the molecule is CC(C)N1CCC(C)(NC(=O)C2CCN2)CC1. The molecule has 4 nitrogen and oxygen atoms in total. The van der Waals surface area contributed by atoms with Gasteiger partial charge in [0.2, 0.25) is 5.91 Å². The summed E-state index contributed by atoms with van der Waals surface area (Å²) in [5.74, 6) is 0.191. The van der Waals surface area contributed by atoms with Gasteiger partial charge in [0.15, 0.2) is 0 Å². The van der Waals surface area contributed by atoms with Crippen LogP contribution in [-0.2, 0) is 4.79 Å². The van der Waals surface area contributed by atoms with Crippen LogP contribution in [0.15, 0.2) is 0 Å². The molecule has 0 aromatic rings. The van der Waals surface area contributed by atoms with E-state index in [9.17, 15) is 4.79 Å². The van der Waals surface area contributed by atoms with Gasteiger partial charge in [-0.05, 0) is 46.6 Å². The summed E-state index contributed by atoms with van der Waals surface area (Å²) >= 11 is 0. The van der Waals surface area contributed by atoms with E-state index in [1.165, 1.54) is 0 Å². The van der Waals surface area contributed by atoms with Gasteiger partial charge in [0.05, 0.1) is 6.04 Å². The van der Waals surface area contributed by atoms with Crippen LogP contribution in [0.4, 0.5) is 0 Å². The number of nitrogens with zero attached hydrogens (tertiary/aromatic N) is 1. The quantitative estimate of drug-likeness (QED) is 0.763. The molecule has 0 bridgehead atoms. The minimum atomic E-state index is -0.000255. The number of likely N-dealkylation sites (tertiary alicyclic amines) is 1. The Labute approximate surface area is 104 Å². The molecule has 1 amide bonds. The Morgan fingerprint density at radius 3 is 2.41 bits per heavy atom.